The van der Waals surface area contributed by atoms with E-state index in [1.807, 2.05) is 19.8 Å². The van der Waals surface area contributed by atoms with Gasteiger partial charge >= 0.3 is 5.97 Å². The third-order valence-electron chi connectivity index (χ3n) is 1.60. The molecule has 0 rings (SSSR count). The molecule has 4 nitrogen and oxygen atoms in total. The predicted octanol–water partition coefficient (Wildman–Crippen LogP) is 0.624. The van der Waals surface area contributed by atoms with Crippen LogP contribution in [0.15, 0.2) is 0 Å². The number of terminal acetylenes is 1. The van der Waals surface area contributed by atoms with Crippen molar-refractivity contribution in [3.05, 3.63) is 0 Å². The van der Waals surface area contributed by atoms with Gasteiger partial charge in [-0.25, -0.2) is 8.42 Å². The van der Waals surface area contributed by atoms with Crippen molar-refractivity contribution in [3.8, 4) is 12.3 Å². The maximum atomic E-state index is 11.1. The highest BCUT2D eigenvalue weighted by Crippen LogP contribution is 2.00. The van der Waals surface area contributed by atoms with Gasteiger partial charge in [-0.1, -0.05) is 19.8 Å². The lowest BCUT2D eigenvalue weighted by molar-refractivity contribution is -0.140. The number of hydrogen-bond acceptors (Lipinski definition) is 4. The number of rotatable bonds is 6. The van der Waals surface area contributed by atoms with Crippen molar-refractivity contribution in [1.29, 1.82) is 0 Å². The van der Waals surface area contributed by atoms with Crippen LogP contribution in [0.2, 0.25) is 0 Å². The zero-order chi connectivity index (χ0) is 11.9. The minimum Gasteiger partial charge on any atom is -0.465 e. The molecule has 0 radical (unpaired) electrons. The highest BCUT2D eigenvalue weighted by Gasteiger charge is 2.16. The first-order valence-corrected chi connectivity index (χ1v) is 6.49. The fourth-order valence-electron chi connectivity index (χ4n) is 0.808. The van der Waals surface area contributed by atoms with Crippen LogP contribution >= 0.6 is 0 Å². The van der Waals surface area contributed by atoms with Gasteiger partial charge in [0.1, 0.15) is 11.5 Å². The summed E-state index contributed by atoms with van der Waals surface area (Å²) >= 11 is 0. The van der Waals surface area contributed by atoms with Crippen molar-refractivity contribution in [3.63, 3.8) is 0 Å². The molecule has 0 aliphatic carbocycles. The topological polar surface area (TPSA) is 60.4 Å². The molecule has 5 heteroatoms. The standard InChI is InChI=1S/C10H16O4S/c1-4-7-15(12,13)8-10(11)14-6-5-9(2)3/h1,9H,5-8H2,2-3H3. The monoisotopic (exact) mass is 232 g/mol. The van der Waals surface area contributed by atoms with Gasteiger partial charge in [-0.05, 0) is 12.3 Å². The molecule has 0 aromatic rings. The van der Waals surface area contributed by atoms with Crippen molar-refractivity contribution in [2.24, 2.45) is 5.92 Å². The van der Waals surface area contributed by atoms with Crippen LogP contribution in [0.5, 0.6) is 0 Å². The average Bonchev–Trinajstić information content (AvgIpc) is 2.01. The minimum absolute atomic E-state index is 0.252. The molecule has 0 aromatic heterocycles. The quantitative estimate of drug-likeness (QED) is 0.497. The maximum absolute atomic E-state index is 11.1. The minimum atomic E-state index is -3.49. The Hall–Kier alpha value is -1.02. The second-order valence-electron chi connectivity index (χ2n) is 3.64. The van der Waals surface area contributed by atoms with E-state index in [9.17, 15) is 13.2 Å². The second kappa shape index (κ2) is 6.46. The Bertz CT molecular complexity index is 335. The molecule has 0 atom stereocenters. The summed E-state index contributed by atoms with van der Waals surface area (Å²) < 4.78 is 26.9. The number of sulfone groups is 1. The van der Waals surface area contributed by atoms with Gasteiger partial charge in [0, 0.05) is 0 Å². The van der Waals surface area contributed by atoms with E-state index in [1.54, 1.807) is 0 Å². The van der Waals surface area contributed by atoms with E-state index >= 15 is 0 Å². The molecule has 0 amide bonds. The number of hydrogen-bond donors (Lipinski definition) is 0. The summed E-state index contributed by atoms with van der Waals surface area (Å²) in [6.45, 7) is 4.23. The molecule has 0 aliphatic heterocycles. The van der Waals surface area contributed by atoms with Gasteiger partial charge in [-0.3, -0.25) is 4.79 Å². The molecule has 0 saturated heterocycles. The van der Waals surface area contributed by atoms with Crippen molar-refractivity contribution in [2.45, 2.75) is 20.3 Å². The first-order valence-electron chi connectivity index (χ1n) is 4.67. The number of carbonyl (C=O) groups excluding carboxylic acids is 1. The van der Waals surface area contributed by atoms with Crippen LogP contribution in [-0.4, -0.2) is 32.5 Å². The molecular weight excluding hydrogens is 216 g/mol. The summed E-state index contributed by atoms with van der Waals surface area (Å²) in [6.07, 6.45) is 5.57. The van der Waals surface area contributed by atoms with E-state index in [1.165, 1.54) is 0 Å². The zero-order valence-electron chi connectivity index (χ0n) is 9.02. The fourth-order valence-corrected chi connectivity index (χ4v) is 1.61. The van der Waals surface area contributed by atoms with Crippen LogP contribution in [0.25, 0.3) is 0 Å². The lowest BCUT2D eigenvalue weighted by Crippen LogP contribution is -2.21. The van der Waals surface area contributed by atoms with E-state index in [0.29, 0.717) is 5.92 Å². The second-order valence-corrected chi connectivity index (χ2v) is 5.70. The van der Waals surface area contributed by atoms with E-state index in [2.05, 4.69) is 0 Å². The summed E-state index contributed by atoms with van der Waals surface area (Å²) in [5.41, 5.74) is 0. The normalized spacial score (nSPS) is 11.1. The molecule has 0 spiro atoms. The maximum Gasteiger partial charge on any atom is 0.321 e. The van der Waals surface area contributed by atoms with E-state index in [-0.39, 0.29) is 6.61 Å². The van der Waals surface area contributed by atoms with Crippen molar-refractivity contribution < 1.29 is 17.9 Å². The summed E-state index contributed by atoms with van der Waals surface area (Å²) in [6, 6.07) is 0. The van der Waals surface area contributed by atoms with Crippen molar-refractivity contribution in [2.75, 3.05) is 18.1 Å². The molecule has 0 aliphatic rings. The van der Waals surface area contributed by atoms with Gasteiger partial charge < -0.3 is 4.74 Å². The zero-order valence-corrected chi connectivity index (χ0v) is 9.84. The fraction of sp³-hybridized carbons (Fsp3) is 0.700. The average molecular weight is 232 g/mol. The molecule has 0 N–H and O–H groups in total. The van der Waals surface area contributed by atoms with Gasteiger partial charge in [0.25, 0.3) is 0 Å². The van der Waals surface area contributed by atoms with Crippen molar-refractivity contribution >= 4 is 15.8 Å². The van der Waals surface area contributed by atoms with E-state index < -0.39 is 27.3 Å². The van der Waals surface area contributed by atoms with Crippen LogP contribution in [0.3, 0.4) is 0 Å². The number of esters is 1. The highest BCUT2D eigenvalue weighted by molar-refractivity contribution is 7.92. The Kier molecular flexibility index (Phi) is 6.02. The molecule has 0 heterocycles. The van der Waals surface area contributed by atoms with Gasteiger partial charge in [0.05, 0.1) is 6.61 Å². The third kappa shape index (κ3) is 8.01. The number of ether oxygens (including phenoxy) is 1. The Labute approximate surface area is 90.9 Å². The number of carbonyl (C=O) groups is 1. The van der Waals surface area contributed by atoms with Gasteiger partial charge in [-0.15, -0.1) is 6.42 Å². The molecule has 0 unspecified atom stereocenters. The summed E-state index contributed by atoms with van der Waals surface area (Å²) in [4.78, 5) is 11.0. The first-order chi connectivity index (χ1) is 6.87. The third-order valence-corrected chi connectivity index (χ3v) is 2.88. The smallest absolute Gasteiger partial charge is 0.321 e. The molecule has 0 bridgehead atoms. The van der Waals surface area contributed by atoms with Gasteiger partial charge in [0.2, 0.25) is 0 Å². The Morgan fingerprint density at radius 1 is 1.47 bits per heavy atom. The molecule has 0 fully saturated rings. The van der Waals surface area contributed by atoms with Crippen LogP contribution in [0, 0.1) is 18.3 Å². The van der Waals surface area contributed by atoms with Crippen LogP contribution in [0.4, 0.5) is 0 Å². The molecule has 15 heavy (non-hydrogen) atoms. The first kappa shape index (κ1) is 14.0. The van der Waals surface area contributed by atoms with Crippen LogP contribution in [-0.2, 0) is 19.4 Å². The summed E-state index contributed by atoms with van der Waals surface area (Å²) in [5.74, 6) is 0.624. The Morgan fingerprint density at radius 2 is 2.07 bits per heavy atom. The molecule has 0 aromatic carbocycles. The molecule has 86 valence electrons. The largest absolute Gasteiger partial charge is 0.465 e. The Morgan fingerprint density at radius 3 is 2.53 bits per heavy atom. The highest BCUT2D eigenvalue weighted by atomic mass is 32.2. The lowest BCUT2D eigenvalue weighted by Gasteiger charge is -2.06. The van der Waals surface area contributed by atoms with Crippen LogP contribution < -0.4 is 0 Å². The van der Waals surface area contributed by atoms with E-state index in [0.717, 1.165) is 6.42 Å². The molecular formula is C10H16O4S. The van der Waals surface area contributed by atoms with Crippen LogP contribution in [0.1, 0.15) is 20.3 Å². The molecule has 0 saturated carbocycles. The Balaban J connectivity index is 3.90. The van der Waals surface area contributed by atoms with E-state index in [4.69, 9.17) is 11.2 Å². The predicted molar refractivity (Wildman–Crippen MR) is 57.9 cm³/mol. The van der Waals surface area contributed by atoms with Gasteiger partial charge in [0.15, 0.2) is 9.84 Å². The van der Waals surface area contributed by atoms with Gasteiger partial charge in [-0.2, -0.15) is 0 Å². The lowest BCUT2D eigenvalue weighted by atomic mass is 10.1. The summed E-state index contributed by atoms with van der Waals surface area (Å²) in [7, 11) is -3.49. The van der Waals surface area contributed by atoms with Crippen molar-refractivity contribution in [1.82, 2.24) is 0 Å². The SMILES string of the molecule is C#CCS(=O)(=O)CC(=O)OCCC(C)C. The summed E-state index contributed by atoms with van der Waals surface area (Å²) in [5, 5.41) is 0.